The van der Waals surface area contributed by atoms with E-state index in [1.54, 1.807) is 11.6 Å². The predicted octanol–water partition coefficient (Wildman–Crippen LogP) is 2.81. The summed E-state index contributed by atoms with van der Waals surface area (Å²) in [7, 11) is 3.61. The topological polar surface area (TPSA) is 44.4 Å². The largest absolute Gasteiger partial charge is 0.497 e. The zero-order valence-electron chi connectivity index (χ0n) is 10.9. The molecule has 0 N–H and O–H groups in total. The number of ether oxygens (including phenoxy) is 1. The molecule has 3 aromatic rings. The van der Waals surface area contributed by atoms with Crippen LogP contribution in [0, 0.1) is 6.92 Å². The van der Waals surface area contributed by atoms with Crippen LogP contribution in [0.3, 0.4) is 0 Å². The first-order valence-corrected chi connectivity index (χ1v) is 6.63. The van der Waals surface area contributed by atoms with Crippen LogP contribution in [0.25, 0.3) is 17.2 Å². The molecule has 0 radical (unpaired) electrons. The maximum Gasteiger partial charge on any atom is 0.233 e. The Labute approximate surface area is 119 Å². The second kappa shape index (κ2) is 4.38. The van der Waals surface area contributed by atoms with Crippen LogP contribution in [0.4, 0.5) is 0 Å². The minimum Gasteiger partial charge on any atom is -0.497 e. The molecule has 1 aromatic carbocycles. The average molecular weight is 321 g/mol. The molecule has 0 bridgehead atoms. The lowest BCUT2D eigenvalue weighted by atomic mass is 10.2. The molecule has 0 aliphatic heterocycles. The van der Waals surface area contributed by atoms with E-state index in [9.17, 15) is 0 Å². The number of aryl methyl sites for hydroxylation is 2. The first-order chi connectivity index (χ1) is 9.11. The van der Waals surface area contributed by atoms with Crippen LogP contribution >= 0.6 is 15.9 Å². The van der Waals surface area contributed by atoms with Gasteiger partial charge in [-0.25, -0.2) is 4.98 Å². The molecule has 6 heteroatoms. The maximum absolute atomic E-state index is 5.25. The summed E-state index contributed by atoms with van der Waals surface area (Å²) < 4.78 is 9.89. The monoisotopic (exact) mass is 320 g/mol. The first-order valence-electron chi connectivity index (χ1n) is 5.84. The number of halogens is 1. The molecule has 0 unspecified atom stereocenters. The standard InChI is InChI=1S/C13H13BrN4O/c1-8-11(14)18-13(15-8)17(2)12(16-18)9-5-4-6-10(7-9)19-3/h4-7H,1-3H3. The molecule has 98 valence electrons. The number of aromatic nitrogens is 4. The van der Waals surface area contributed by atoms with Crippen LogP contribution in [0.5, 0.6) is 5.75 Å². The quantitative estimate of drug-likeness (QED) is 0.729. The second-order valence-corrected chi connectivity index (χ2v) is 5.07. The Bertz CT molecular complexity index is 759. The molecule has 0 aliphatic rings. The molecule has 5 nitrogen and oxygen atoms in total. The van der Waals surface area contributed by atoms with Gasteiger partial charge in [-0.1, -0.05) is 12.1 Å². The Hall–Kier alpha value is -1.82. The molecule has 0 aliphatic carbocycles. The fraction of sp³-hybridized carbons (Fsp3) is 0.231. The van der Waals surface area contributed by atoms with E-state index in [1.807, 2.05) is 42.8 Å². The van der Waals surface area contributed by atoms with Crippen molar-refractivity contribution in [1.29, 1.82) is 0 Å². The number of rotatable bonds is 2. The van der Waals surface area contributed by atoms with E-state index in [-0.39, 0.29) is 0 Å². The van der Waals surface area contributed by atoms with Crippen LogP contribution in [-0.4, -0.2) is 26.3 Å². The first kappa shape index (κ1) is 12.2. The maximum atomic E-state index is 5.25. The van der Waals surface area contributed by atoms with Crippen LogP contribution in [0.15, 0.2) is 28.9 Å². The van der Waals surface area contributed by atoms with Crippen LogP contribution in [0.2, 0.25) is 0 Å². The highest BCUT2D eigenvalue weighted by molar-refractivity contribution is 9.10. The minimum absolute atomic E-state index is 0.808. The highest BCUT2D eigenvalue weighted by Gasteiger charge is 2.15. The van der Waals surface area contributed by atoms with Gasteiger partial charge in [0.05, 0.1) is 12.8 Å². The zero-order chi connectivity index (χ0) is 13.6. The molecular formula is C13H13BrN4O. The molecule has 0 atom stereocenters. The van der Waals surface area contributed by atoms with Crippen molar-refractivity contribution in [3.63, 3.8) is 0 Å². The van der Waals surface area contributed by atoms with Gasteiger partial charge in [0, 0.05) is 12.6 Å². The molecule has 0 saturated heterocycles. The van der Waals surface area contributed by atoms with Crippen molar-refractivity contribution >= 4 is 21.7 Å². The van der Waals surface area contributed by atoms with E-state index < -0.39 is 0 Å². The zero-order valence-corrected chi connectivity index (χ0v) is 12.5. The third kappa shape index (κ3) is 1.83. The van der Waals surface area contributed by atoms with Gasteiger partial charge in [0.1, 0.15) is 10.4 Å². The number of imidazole rings is 1. The molecule has 2 aromatic heterocycles. The minimum atomic E-state index is 0.808. The third-order valence-corrected chi connectivity index (χ3v) is 3.99. The number of fused-ring (bicyclic) bond motifs is 1. The predicted molar refractivity (Wildman–Crippen MR) is 76.4 cm³/mol. The summed E-state index contributed by atoms with van der Waals surface area (Å²) in [6.07, 6.45) is 0. The van der Waals surface area contributed by atoms with Gasteiger partial charge in [0.15, 0.2) is 5.82 Å². The molecule has 0 fully saturated rings. The van der Waals surface area contributed by atoms with Gasteiger partial charge in [-0.2, -0.15) is 4.52 Å². The third-order valence-electron chi connectivity index (χ3n) is 3.08. The van der Waals surface area contributed by atoms with Gasteiger partial charge in [-0.3, -0.25) is 4.57 Å². The number of benzene rings is 1. The Balaban J connectivity index is 2.22. The number of nitrogens with zero attached hydrogens (tertiary/aromatic N) is 4. The SMILES string of the molecule is COc1cccc(-c2nn3c(Br)c(C)nc3n2C)c1. The summed E-state index contributed by atoms with van der Waals surface area (Å²) in [4.78, 5) is 4.49. The molecule has 0 spiro atoms. The Kier molecular flexibility index (Phi) is 2.82. The fourth-order valence-electron chi connectivity index (χ4n) is 2.06. The van der Waals surface area contributed by atoms with Gasteiger partial charge in [-0.05, 0) is 35.0 Å². The fourth-order valence-corrected chi connectivity index (χ4v) is 2.39. The van der Waals surface area contributed by atoms with Crippen molar-refractivity contribution in [3.05, 3.63) is 34.6 Å². The van der Waals surface area contributed by atoms with E-state index in [2.05, 4.69) is 26.0 Å². The Morgan fingerprint density at radius 3 is 2.79 bits per heavy atom. The van der Waals surface area contributed by atoms with Gasteiger partial charge in [0.2, 0.25) is 5.78 Å². The second-order valence-electron chi connectivity index (χ2n) is 4.31. The molecular weight excluding hydrogens is 308 g/mol. The highest BCUT2D eigenvalue weighted by atomic mass is 79.9. The highest BCUT2D eigenvalue weighted by Crippen LogP contribution is 2.25. The molecule has 3 rings (SSSR count). The summed E-state index contributed by atoms with van der Waals surface area (Å²) in [5.74, 6) is 2.47. The molecule has 0 amide bonds. The van der Waals surface area contributed by atoms with Gasteiger partial charge < -0.3 is 4.74 Å². The van der Waals surface area contributed by atoms with Crippen LogP contribution in [-0.2, 0) is 7.05 Å². The summed E-state index contributed by atoms with van der Waals surface area (Å²) in [6, 6.07) is 7.83. The Morgan fingerprint density at radius 1 is 1.32 bits per heavy atom. The number of hydrogen-bond donors (Lipinski definition) is 0. The van der Waals surface area contributed by atoms with E-state index >= 15 is 0 Å². The van der Waals surface area contributed by atoms with Crippen molar-refractivity contribution in [2.45, 2.75) is 6.92 Å². The average Bonchev–Trinajstić information content (AvgIpc) is 2.89. The molecule has 2 heterocycles. The Morgan fingerprint density at radius 2 is 2.11 bits per heavy atom. The number of hydrogen-bond acceptors (Lipinski definition) is 3. The number of methoxy groups -OCH3 is 1. The van der Waals surface area contributed by atoms with Crippen molar-refractivity contribution in [2.24, 2.45) is 7.05 Å². The van der Waals surface area contributed by atoms with Crippen molar-refractivity contribution in [2.75, 3.05) is 7.11 Å². The molecule has 0 saturated carbocycles. The summed E-state index contributed by atoms with van der Waals surface area (Å²) in [5.41, 5.74) is 1.92. The van der Waals surface area contributed by atoms with Crippen molar-refractivity contribution in [3.8, 4) is 17.1 Å². The molecule has 19 heavy (non-hydrogen) atoms. The van der Waals surface area contributed by atoms with E-state index in [1.165, 1.54) is 0 Å². The normalized spacial score (nSPS) is 11.2. The van der Waals surface area contributed by atoms with Crippen molar-refractivity contribution in [1.82, 2.24) is 19.2 Å². The van der Waals surface area contributed by atoms with Crippen LogP contribution in [0.1, 0.15) is 5.69 Å². The summed E-state index contributed by atoms with van der Waals surface area (Å²) in [6.45, 7) is 1.95. The van der Waals surface area contributed by atoms with Gasteiger partial charge >= 0.3 is 0 Å². The van der Waals surface area contributed by atoms with Gasteiger partial charge in [-0.15, -0.1) is 5.10 Å². The smallest absolute Gasteiger partial charge is 0.233 e. The van der Waals surface area contributed by atoms with Crippen molar-refractivity contribution < 1.29 is 4.74 Å². The van der Waals surface area contributed by atoms with E-state index in [4.69, 9.17) is 4.74 Å². The van der Waals surface area contributed by atoms with Crippen LogP contribution < -0.4 is 4.74 Å². The lowest BCUT2D eigenvalue weighted by Crippen LogP contribution is -1.94. The summed E-state index contributed by atoms with van der Waals surface area (Å²) >= 11 is 3.50. The lowest BCUT2D eigenvalue weighted by molar-refractivity contribution is 0.415. The lowest BCUT2D eigenvalue weighted by Gasteiger charge is -2.03. The van der Waals surface area contributed by atoms with E-state index in [0.29, 0.717) is 0 Å². The summed E-state index contributed by atoms with van der Waals surface area (Å²) in [5, 5.41) is 4.59. The van der Waals surface area contributed by atoms with Gasteiger partial charge in [0.25, 0.3) is 0 Å². The van der Waals surface area contributed by atoms with E-state index in [0.717, 1.165) is 33.2 Å².